The van der Waals surface area contributed by atoms with E-state index >= 15 is 0 Å². The molecule has 4 N–H and O–H groups in total. The second-order valence-corrected chi connectivity index (χ2v) is 7.09. The van der Waals surface area contributed by atoms with Gasteiger partial charge in [0.1, 0.15) is 16.8 Å². The third-order valence-electron chi connectivity index (χ3n) is 3.24. The van der Waals surface area contributed by atoms with Gasteiger partial charge in [-0.05, 0) is 0 Å². The number of carbonyl (C=O) groups is 2. The summed E-state index contributed by atoms with van der Waals surface area (Å²) in [5.41, 5.74) is 6.80. The van der Waals surface area contributed by atoms with Gasteiger partial charge in [-0.25, -0.2) is 4.79 Å². The summed E-state index contributed by atoms with van der Waals surface area (Å²) in [6, 6.07) is 0. The normalized spacial score (nSPS) is 28.1. The molecule has 1 amide bonds. The number of hydrogen-bond acceptors (Lipinski definition) is 8. The molecule has 0 saturated carbocycles. The third-order valence-corrected chi connectivity index (χ3v) is 5.91. The molecule has 0 aromatic carbocycles. The molecule has 3 heterocycles. The number of β-lactam (4-membered cyclic amide) rings is 1. The van der Waals surface area contributed by atoms with Crippen LogP contribution in [0.1, 0.15) is 5.69 Å². The molecule has 0 unspecified atom stereocenters. The maximum absolute atomic E-state index is 12.3. The van der Waals surface area contributed by atoms with Crippen LogP contribution in [0, 0.1) is 0 Å². The lowest BCUT2D eigenvalue weighted by atomic mass is 10.0. The molecule has 21 heavy (non-hydrogen) atoms. The van der Waals surface area contributed by atoms with Crippen LogP contribution in [-0.4, -0.2) is 58.0 Å². The number of nitrogens with two attached hydrogens (primary N) is 1. The Morgan fingerprint density at radius 2 is 2.52 bits per heavy atom. The van der Waals surface area contributed by atoms with Gasteiger partial charge in [0.2, 0.25) is 0 Å². The van der Waals surface area contributed by atoms with Gasteiger partial charge < -0.3 is 10.8 Å². The van der Waals surface area contributed by atoms with Crippen molar-refractivity contribution >= 4 is 57.9 Å². The summed E-state index contributed by atoms with van der Waals surface area (Å²) in [5, 5.41) is 18.9. The lowest BCUT2D eigenvalue weighted by Gasteiger charge is -2.54. The molecular formula is C10H9N5O3S3. The van der Waals surface area contributed by atoms with E-state index < -0.39 is 22.1 Å². The Balaban J connectivity index is 2.05. The molecule has 8 nitrogen and oxygen atoms in total. The molecule has 0 bridgehead atoms. The Hall–Kier alpha value is -1.43. The van der Waals surface area contributed by atoms with Crippen LogP contribution in [0.5, 0.6) is 0 Å². The first-order chi connectivity index (χ1) is 10.0. The molecule has 0 aliphatic carbocycles. The first-order valence-electron chi connectivity index (χ1n) is 5.69. The van der Waals surface area contributed by atoms with Crippen LogP contribution in [0.4, 0.5) is 0 Å². The zero-order valence-corrected chi connectivity index (χ0v) is 12.8. The van der Waals surface area contributed by atoms with Gasteiger partial charge in [0.15, 0.2) is 4.87 Å². The Labute approximate surface area is 132 Å². The second-order valence-electron chi connectivity index (χ2n) is 4.34. The summed E-state index contributed by atoms with van der Waals surface area (Å²) in [4.78, 5) is 23.9. The lowest BCUT2D eigenvalue weighted by Crippen LogP contribution is -2.76. The minimum atomic E-state index is -1.21. The number of carboxylic acids is 1. The molecule has 1 aromatic rings. The number of carbonyl (C=O) groups excluding carboxylic acids is 1. The first-order valence-corrected chi connectivity index (χ1v) is 8.09. The number of thiocarbonyl (C=S) groups is 1. The fraction of sp³-hybridized carbons (Fsp3) is 0.300. The second kappa shape index (κ2) is 5.09. The predicted octanol–water partition coefficient (Wildman–Crippen LogP) is -0.139. The number of aromatic nitrogens is 3. The van der Waals surface area contributed by atoms with E-state index in [9.17, 15) is 14.7 Å². The summed E-state index contributed by atoms with van der Waals surface area (Å²) < 4.78 is 1.33. The lowest BCUT2D eigenvalue weighted by molar-refractivity contribution is -0.149. The van der Waals surface area contributed by atoms with Crippen molar-refractivity contribution in [1.29, 1.82) is 0 Å². The van der Waals surface area contributed by atoms with Crippen molar-refractivity contribution in [3.8, 4) is 0 Å². The monoisotopic (exact) mass is 343 g/mol. The van der Waals surface area contributed by atoms with Gasteiger partial charge in [-0.3, -0.25) is 14.8 Å². The van der Waals surface area contributed by atoms with Gasteiger partial charge in [0.05, 0.1) is 0 Å². The predicted molar refractivity (Wildman–Crippen MR) is 82.2 cm³/mol. The Morgan fingerprint density at radius 1 is 1.76 bits per heavy atom. The number of aromatic amines is 1. The minimum absolute atomic E-state index is 0.0938. The molecule has 2 atom stereocenters. The van der Waals surface area contributed by atoms with Gasteiger partial charge in [-0.2, -0.15) is 0 Å². The summed E-state index contributed by atoms with van der Waals surface area (Å²) in [7, 11) is 0. The number of hydrogen-bond donors (Lipinski definition) is 3. The molecule has 2 aliphatic rings. The van der Waals surface area contributed by atoms with Crippen molar-refractivity contribution in [2.75, 3.05) is 5.75 Å². The molecule has 0 radical (unpaired) electrons. The van der Waals surface area contributed by atoms with Crippen LogP contribution in [0.15, 0.2) is 11.9 Å². The first kappa shape index (κ1) is 14.5. The van der Waals surface area contributed by atoms with Crippen LogP contribution in [0.2, 0.25) is 0 Å². The van der Waals surface area contributed by atoms with E-state index in [1.54, 1.807) is 0 Å². The fourth-order valence-corrected chi connectivity index (χ4v) is 5.02. The average Bonchev–Trinajstić information content (AvgIpc) is 2.99. The topological polar surface area (TPSA) is 125 Å². The van der Waals surface area contributed by atoms with E-state index in [1.807, 2.05) is 0 Å². The van der Waals surface area contributed by atoms with Crippen molar-refractivity contribution in [1.82, 2.24) is 20.3 Å². The molecule has 0 spiro atoms. The zero-order valence-electron chi connectivity index (χ0n) is 10.3. The maximum atomic E-state index is 12.3. The van der Waals surface area contributed by atoms with Crippen molar-refractivity contribution in [2.24, 2.45) is 5.73 Å². The van der Waals surface area contributed by atoms with Gasteiger partial charge in [-0.1, -0.05) is 29.2 Å². The highest BCUT2D eigenvalue weighted by Crippen LogP contribution is 2.50. The Morgan fingerprint density at radius 3 is 3.10 bits per heavy atom. The molecule has 110 valence electrons. The number of thioether (sulfide) groups is 2. The van der Waals surface area contributed by atoms with Gasteiger partial charge in [0, 0.05) is 22.2 Å². The van der Waals surface area contributed by atoms with E-state index in [0.29, 0.717) is 17.0 Å². The molecule has 3 rings (SSSR count). The van der Waals surface area contributed by atoms with Gasteiger partial charge in [0.25, 0.3) is 5.91 Å². The maximum Gasteiger partial charge on any atom is 0.353 e. The van der Waals surface area contributed by atoms with Crippen LogP contribution < -0.4 is 5.73 Å². The van der Waals surface area contributed by atoms with Crippen molar-refractivity contribution in [2.45, 2.75) is 10.2 Å². The van der Waals surface area contributed by atoms with E-state index in [0.717, 1.165) is 11.8 Å². The third kappa shape index (κ3) is 1.99. The van der Waals surface area contributed by atoms with E-state index in [2.05, 4.69) is 15.4 Å². The highest BCUT2D eigenvalue weighted by molar-refractivity contribution is 8.22. The van der Waals surface area contributed by atoms with Crippen molar-refractivity contribution in [3.05, 3.63) is 17.6 Å². The van der Waals surface area contributed by atoms with E-state index in [-0.39, 0.29) is 5.70 Å². The average molecular weight is 343 g/mol. The van der Waals surface area contributed by atoms with Crippen molar-refractivity contribution < 1.29 is 14.7 Å². The quantitative estimate of drug-likeness (QED) is 0.389. The largest absolute Gasteiger partial charge is 0.477 e. The molecule has 1 saturated heterocycles. The number of nitrogens with zero attached hydrogens (tertiary/aromatic N) is 3. The van der Waals surface area contributed by atoms with Crippen LogP contribution in [0.3, 0.4) is 0 Å². The Bertz CT molecular complexity index is 661. The number of amides is 1. The Kier molecular flexibility index (Phi) is 3.51. The smallest absolute Gasteiger partial charge is 0.353 e. The zero-order chi connectivity index (χ0) is 15.2. The SMILES string of the molecule is N[C@]1(SC=S)C(=O)N2C(C(=O)O)=C(c3c[nH]nn3)CS[C@H]21. The summed E-state index contributed by atoms with van der Waals surface area (Å²) in [5.74, 6) is -1.29. The van der Waals surface area contributed by atoms with E-state index in [1.165, 1.54) is 27.6 Å². The van der Waals surface area contributed by atoms with Crippen LogP contribution in [-0.2, 0) is 9.59 Å². The summed E-state index contributed by atoms with van der Waals surface area (Å²) in [6.07, 6.45) is 1.49. The molecule has 11 heteroatoms. The number of rotatable bonds is 4. The van der Waals surface area contributed by atoms with E-state index in [4.69, 9.17) is 18.0 Å². The fourth-order valence-electron chi connectivity index (χ4n) is 2.28. The molecule has 2 aliphatic heterocycles. The molecular weight excluding hydrogens is 334 g/mol. The van der Waals surface area contributed by atoms with Crippen LogP contribution in [0.25, 0.3) is 5.57 Å². The standard InChI is InChI=1S/C10H9N5O3S3/c11-10(21-3-19)8(18)15-6(7(16)17)4(2-20-9(10)15)5-1-12-14-13-5/h1,3,9H,2,11H2,(H,16,17)(H,12,13,14)/t9-,10-/m0/s1. The number of aliphatic carboxylic acids is 1. The number of carboxylic acid groups (broad SMARTS) is 1. The summed E-state index contributed by atoms with van der Waals surface area (Å²) in [6.45, 7) is 0. The highest BCUT2D eigenvalue weighted by Gasteiger charge is 2.63. The number of nitrogens with one attached hydrogen (secondary N) is 1. The van der Waals surface area contributed by atoms with Gasteiger partial charge in [-0.15, -0.1) is 16.9 Å². The molecule has 1 aromatic heterocycles. The minimum Gasteiger partial charge on any atom is -0.477 e. The summed E-state index contributed by atoms with van der Waals surface area (Å²) >= 11 is 7.16. The molecule has 1 fully saturated rings. The van der Waals surface area contributed by atoms with Crippen molar-refractivity contribution in [3.63, 3.8) is 0 Å². The van der Waals surface area contributed by atoms with Gasteiger partial charge >= 0.3 is 5.97 Å². The highest BCUT2D eigenvalue weighted by atomic mass is 32.2. The number of H-pyrrole nitrogens is 1. The number of fused-ring (bicyclic) bond motifs is 1. The van der Waals surface area contributed by atoms with Crippen LogP contribution >= 0.6 is 35.7 Å².